The summed E-state index contributed by atoms with van der Waals surface area (Å²) in [5.74, 6) is 1.28. The standard InChI is InChI=1S/C12H18ClNO/c1-7-5-8(2)11(10(14)6-13)12(15-4)9(7)3/h5,10H,6,14H2,1-4H3. The lowest BCUT2D eigenvalue weighted by molar-refractivity contribution is 0.403. The number of aryl methyl sites for hydroxylation is 2. The number of rotatable bonds is 3. The van der Waals surface area contributed by atoms with Gasteiger partial charge in [0.15, 0.2) is 0 Å². The maximum absolute atomic E-state index is 5.98. The van der Waals surface area contributed by atoms with E-state index < -0.39 is 0 Å². The zero-order valence-electron chi connectivity index (χ0n) is 9.73. The number of hydrogen-bond donors (Lipinski definition) is 1. The van der Waals surface area contributed by atoms with Gasteiger partial charge in [-0.3, -0.25) is 0 Å². The third-order valence-electron chi connectivity index (χ3n) is 2.78. The summed E-state index contributed by atoms with van der Waals surface area (Å²) < 4.78 is 5.42. The van der Waals surface area contributed by atoms with Crippen molar-refractivity contribution in [2.45, 2.75) is 26.8 Å². The van der Waals surface area contributed by atoms with Crippen LogP contribution in [0.3, 0.4) is 0 Å². The van der Waals surface area contributed by atoms with E-state index in [4.69, 9.17) is 22.1 Å². The van der Waals surface area contributed by atoms with E-state index >= 15 is 0 Å². The molecule has 0 aromatic heterocycles. The lowest BCUT2D eigenvalue weighted by atomic mass is 9.95. The van der Waals surface area contributed by atoms with Crippen LogP contribution in [0.2, 0.25) is 0 Å². The number of hydrogen-bond acceptors (Lipinski definition) is 2. The average molecular weight is 228 g/mol. The summed E-state index contributed by atoms with van der Waals surface area (Å²) in [5, 5.41) is 0. The monoisotopic (exact) mass is 227 g/mol. The van der Waals surface area contributed by atoms with Crippen LogP contribution in [0.25, 0.3) is 0 Å². The molecular formula is C12H18ClNO. The minimum atomic E-state index is -0.166. The molecule has 0 saturated carbocycles. The Labute approximate surface area is 96.4 Å². The third-order valence-corrected chi connectivity index (χ3v) is 3.11. The molecule has 1 aromatic carbocycles. The zero-order valence-corrected chi connectivity index (χ0v) is 10.5. The number of halogens is 1. The molecule has 0 fully saturated rings. The highest BCUT2D eigenvalue weighted by molar-refractivity contribution is 6.18. The average Bonchev–Trinajstić information content (AvgIpc) is 2.21. The van der Waals surface area contributed by atoms with Crippen LogP contribution >= 0.6 is 11.6 Å². The van der Waals surface area contributed by atoms with Gasteiger partial charge in [-0.15, -0.1) is 11.6 Å². The Morgan fingerprint density at radius 2 is 1.93 bits per heavy atom. The van der Waals surface area contributed by atoms with E-state index in [0.29, 0.717) is 5.88 Å². The largest absolute Gasteiger partial charge is 0.496 e. The normalized spacial score (nSPS) is 12.7. The quantitative estimate of drug-likeness (QED) is 0.806. The molecule has 0 spiro atoms. The molecule has 0 radical (unpaired) electrons. The topological polar surface area (TPSA) is 35.2 Å². The van der Waals surface area contributed by atoms with E-state index in [1.165, 1.54) is 5.56 Å². The van der Waals surface area contributed by atoms with Crippen LogP contribution in [0.4, 0.5) is 0 Å². The smallest absolute Gasteiger partial charge is 0.127 e. The van der Waals surface area contributed by atoms with E-state index in [0.717, 1.165) is 22.4 Å². The Morgan fingerprint density at radius 3 is 2.40 bits per heavy atom. The van der Waals surface area contributed by atoms with Crippen molar-refractivity contribution in [1.82, 2.24) is 0 Å². The second-order valence-corrected chi connectivity index (χ2v) is 4.15. The third kappa shape index (κ3) is 2.27. The molecule has 0 aliphatic carbocycles. The van der Waals surface area contributed by atoms with Crippen LogP contribution in [0.5, 0.6) is 5.75 Å². The number of nitrogens with two attached hydrogens (primary N) is 1. The van der Waals surface area contributed by atoms with Crippen molar-refractivity contribution in [3.05, 3.63) is 28.3 Å². The summed E-state index contributed by atoms with van der Waals surface area (Å²) in [6.45, 7) is 6.15. The molecule has 0 aliphatic heterocycles. The Bertz CT molecular complexity index is 363. The van der Waals surface area contributed by atoms with Crippen molar-refractivity contribution in [2.24, 2.45) is 5.73 Å². The predicted octanol–water partition coefficient (Wildman–Crippen LogP) is 2.86. The molecule has 0 amide bonds. The fourth-order valence-electron chi connectivity index (χ4n) is 1.87. The summed E-state index contributed by atoms with van der Waals surface area (Å²) in [4.78, 5) is 0. The second kappa shape index (κ2) is 4.86. The molecule has 1 rings (SSSR count). The van der Waals surface area contributed by atoms with Crippen LogP contribution in [-0.4, -0.2) is 13.0 Å². The predicted molar refractivity (Wildman–Crippen MR) is 64.9 cm³/mol. The number of alkyl halides is 1. The number of ether oxygens (including phenoxy) is 1. The van der Waals surface area contributed by atoms with Gasteiger partial charge in [-0.05, 0) is 37.5 Å². The van der Waals surface area contributed by atoms with Crippen LogP contribution in [0.15, 0.2) is 6.07 Å². The lowest BCUT2D eigenvalue weighted by Gasteiger charge is -2.19. The molecule has 0 bridgehead atoms. The van der Waals surface area contributed by atoms with Crippen LogP contribution < -0.4 is 10.5 Å². The summed E-state index contributed by atoms with van der Waals surface area (Å²) in [6.07, 6.45) is 0. The number of methoxy groups -OCH3 is 1. The van der Waals surface area contributed by atoms with Crippen molar-refractivity contribution in [3.63, 3.8) is 0 Å². The van der Waals surface area contributed by atoms with Gasteiger partial charge in [-0.2, -0.15) is 0 Å². The highest BCUT2D eigenvalue weighted by Crippen LogP contribution is 2.33. The second-order valence-electron chi connectivity index (χ2n) is 3.84. The van der Waals surface area contributed by atoms with E-state index in [1.54, 1.807) is 7.11 Å². The minimum absolute atomic E-state index is 0.166. The molecule has 0 aliphatic rings. The van der Waals surface area contributed by atoms with Crippen molar-refractivity contribution >= 4 is 11.6 Å². The minimum Gasteiger partial charge on any atom is -0.496 e. The molecule has 0 heterocycles. The van der Waals surface area contributed by atoms with Crippen molar-refractivity contribution in [1.29, 1.82) is 0 Å². The molecule has 2 nitrogen and oxygen atoms in total. The van der Waals surface area contributed by atoms with E-state index in [2.05, 4.69) is 13.0 Å². The lowest BCUT2D eigenvalue weighted by Crippen LogP contribution is -2.15. The molecule has 15 heavy (non-hydrogen) atoms. The SMILES string of the molecule is COc1c(C)c(C)cc(C)c1C(N)CCl. The fraction of sp³-hybridized carbons (Fsp3) is 0.500. The van der Waals surface area contributed by atoms with Crippen LogP contribution in [0.1, 0.15) is 28.3 Å². The Hall–Kier alpha value is -0.730. The van der Waals surface area contributed by atoms with Gasteiger partial charge in [0.1, 0.15) is 5.75 Å². The van der Waals surface area contributed by atoms with Crippen molar-refractivity contribution < 1.29 is 4.74 Å². The first-order valence-corrected chi connectivity index (χ1v) is 5.52. The molecule has 3 heteroatoms. The van der Waals surface area contributed by atoms with Crippen LogP contribution in [0, 0.1) is 20.8 Å². The van der Waals surface area contributed by atoms with Gasteiger partial charge in [-0.1, -0.05) is 6.07 Å². The van der Waals surface area contributed by atoms with E-state index in [9.17, 15) is 0 Å². The van der Waals surface area contributed by atoms with Gasteiger partial charge < -0.3 is 10.5 Å². The Balaban J connectivity index is 3.41. The molecule has 1 atom stereocenters. The first-order valence-electron chi connectivity index (χ1n) is 4.99. The molecule has 1 aromatic rings. The Kier molecular flexibility index (Phi) is 4.00. The molecular weight excluding hydrogens is 210 g/mol. The van der Waals surface area contributed by atoms with Crippen molar-refractivity contribution in [2.75, 3.05) is 13.0 Å². The van der Waals surface area contributed by atoms with E-state index in [1.807, 2.05) is 13.8 Å². The molecule has 2 N–H and O–H groups in total. The highest BCUT2D eigenvalue weighted by Gasteiger charge is 2.17. The summed E-state index contributed by atoms with van der Waals surface area (Å²) in [6, 6.07) is 1.96. The molecule has 1 unspecified atom stereocenters. The summed E-state index contributed by atoms with van der Waals surface area (Å²) in [5.41, 5.74) is 10.5. The fourth-order valence-corrected chi connectivity index (χ4v) is 2.03. The first-order chi connectivity index (χ1) is 7.02. The van der Waals surface area contributed by atoms with Gasteiger partial charge >= 0.3 is 0 Å². The maximum atomic E-state index is 5.98. The summed E-state index contributed by atoms with van der Waals surface area (Å²) in [7, 11) is 1.67. The number of benzene rings is 1. The summed E-state index contributed by atoms with van der Waals surface area (Å²) >= 11 is 5.80. The van der Waals surface area contributed by atoms with Gasteiger partial charge in [0.2, 0.25) is 0 Å². The Morgan fingerprint density at radius 1 is 1.33 bits per heavy atom. The van der Waals surface area contributed by atoms with Crippen molar-refractivity contribution in [3.8, 4) is 5.75 Å². The van der Waals surface area contributed by atoms with Gasteiger partial charge in [0, 0.05) is 17.5 Å². The maximum Gasteiger partial charge on any atom is 0.127 e. The van der Waals surface area contributed by atoms with E-state index in [-0.39, 0.29) is 6.04 Å². The highest BCUT2D eigenvalue weighted by atomic mass is 35.5. The van der Waals surface area contributed by atoms with Gasteiger partial charge in [0.05, 0.1) is 7.11 Å². The van der Waals surface area contributed by atoms with Crippen LogP contribution in [-0.2, 0) is 0 Å². The molecule has 84 valence electrons. The molecule has 0 saturated heterocycles. The van der Waals surface area contributed by atoms with Gasteiger partial charge in [0.25, 0.3) is 0 Å². The first kappa shape index (κ1) is 12.3. The zero-order chi connectivity index (χ0) is 11.6. The van der Waals surface area contributed by atoms with Gasteiger partial charge in [-0.25, -0.2) is 0 Å².